The van der Waals surface area contributed by atoms with Crippen molar-refractivity contribution in [3.63, 3.8) is 0 Å². The van der Waals surface area contributed by atoms with Gasteiger partial charge < -0.3 is 10.1 Å². The Hall–Kier alpha value is -0.0800. The summed E-state index contributed by atoms with van der Waals surface area (Å²) in [4.78, 5) is 0. The zero-order valence-electron chi connectivity index (χ0n) is 8.68. The molecule has 0 aromatic heterocycles. The lowest BCUT2D eigenvalue weighted by atomic mass is 9.83. The van der Waals surface area contributed by atoms with Crippen molar-refractivity contribution in [1.82, 2.24) is 5.32 Å². The highest BCUT2D eigenvalue weighted by atomic mass is 16.5. The van der Waals surface area contributed by atoms with Crippen LogP contribution in [0.15, 0.2) is 0 Å². The molecule has 0 aliphatic carbocycles. The minimum Gasteiger partial charge on any atom is -0.375 e. The first-order chi connectivity index (χ1) is 5.61. The normalized spacial score (nSPS) is 30.5. The summed E-state index contributed by atoms with van der Waals surface area (Å²) in [5.74, 6) is 0.674. The fourth-order valence-electron chi connectivity index (χ4n) is 2.28. The molecule has 1 aliphatic rings. The van der Waals surface area contributed by atoms with Crippen molar-refractivity contribution in [2.24, 2.45) is 5.92 Å². The average molecular weight is 171 g/mol. The van der Waals surface area contributed by atoms with Crippen LogP contribution in [0.25, 0.3) is 0 Å². The number of hydrogen-bond acceptors (Lipinski definition) is 2. The lowest BCUT2D eigenvalue weighted by Gasteiger charge is -2.32. The van der Waals surface area contributed by atoms with Crippen LogP contribution in [-0.4, -0.2) is 25.3 Å². The molecule has 2 unspecified atom stereocenters. The summed E-state index contributed by atoms with van der Waals surface area (Å²) in [6, 6.07) is 0.613. The summed E-state index contributed by atoms with van der Waals surface area (Å²) >= 11 is 0. The fourth-order valence-corrected chi connectivity index (χ4v) is 2.28. The molecule has 0 saturated carbocycles. The molecule has 0 radical (unpaired) electrons. The molecule has 1 aliphatic heterocycles. The van der Waals surface area contributed by atoms with Crippen molar-refractivity contribution in [3.05, 3.63) is 0 Å². The van der Waals surface area contributed by atoms with Crippen LogP contribution < -0.4 is 5.32 Å². The molecule has 2 heteroatoms. The van der Waals surface area contributed by atoms with E-state index in [0.717, 1.165) is 6.61 Å². The van der Waals surface area contributed by atoms with E-state index in [9.17, 15) is 0 Å². The van der Waals surface area contributed by atoms with Gasteiger partial charge in [-0.05, 0) is 33.7 Å². The molecule has 0 bridgehead atoms. The third kappa shape index (κ3) is 1.80. The van der Waals surface area contributed by atoms with E-state index < -0.39 is 0 Å². The molecular formula is C10H21NO. The average Bonchev–Trinajstić information content (AvgIpc) is 2.34. The maximum Gasteiger partial charge on any atom is 0.0670 e. The predicted molar refractivity (Wildman–Crippen MR) is 51.3 cm³/mol. The summed E-state index contributed by atoms with van der Waals surface area (Å²) in [7, 11) is 2.04. The highest BCUT2D eigenvalue weighted by Gasteiger charge is 2.39. The highest BCUT2D eigenvalue weighted by molar-refractivity contribution is 4.91. The van der Waals surface area contributed by atoms with Gasteiger partial charge in [0, 0.05) is 18.6 Å². The van der Waals surface area contributed by atoms with E-state index in [-0.39, 0.29) is 5.60 Å². The zero-order chi connectivity index (χ0) is 9.19. The minimum absolute atomic E-state index is 0.0731. The van der Waals surface area contributed by atoms with Crippen molar-refractivity contribution in [1.29, 1.82) is 0 Å². The Balaban J connectivity index is 2.60. The van der Waals surface area contributed by atoms with Gasteiger partial charge in [0.2, 0.25) is 0 Å². The van der Waals surface area contributed by atoms with E-state index in [1.807, 2.05) is 7.05 Å². The van der Waals surface area contributed by atoms with E-state index in [1.54, 1.807) is 0 Å². The first-order valence-corrected chi connectivity index (χ1v) is 4.93. The molecule has 1 N–H and O–H groups in total. The molecule has 1 fully saturated rings. The Morgan fingerprint density at radius 1 is 1.58 bits per heavy atom. The van der Waals surface area contributed by atoms with Crippen LogP contribution >= 0.6 is 0 Å². The Labute approximate surface area is 75.7 Å². The van der Waals surface area contributed by atoms with Crippen molar-refractivity contribution < 1.29 is 4.74 Å². The molecule has 1 saturated heterocycles. The Morgan fingerprint density at radius 2 is 2.25 bits per heavy atom. The highest BCUT2D eigenvalue weighted by Crippen LogP contribution is 2.34. The first-order valence-electron chi connectivity index (χ1n) is 4.93. The van der Waals surface area contributed by atoms with Crippen molar-refractivity contribution in [2.75, 3.05) is 13.7 Å². The van der Waals surface area contributed by atoms with Gasteiger partial charge in [0.05, 0.1) is 5.60 Å². The number of hydrogen-bond donors (Lipinski definition) is 1. The van der Waals surface area contributed by atoms with Gasteiger partial charge in [-0.2, -0.15) is 0 Å². The van der Waals surface area contributed by atoms with Gasteiger partial charge >= 0.3 is 0 Å². The van der Waals surface area contributed by atoms with Gasteiger partial charge in [-0.3, -0.25) is 0 Å². The van der Waals surface area contributed by atoms with Crippen molar-refractivity contribution in [2.45, 2.75) is 45.3 Å². The van der Waals surface area contributed by atoms with E-state index in [1.165, 1.54) is 12.8 Å². The van der Waals surface area contributed by atoms with Crippen LogP contribution in [0, 0.1) is 5.92 Å². The van der Waals surface area contributed by atoms with E-state index in [4.69, 9.17) is 4.74 Å². The molecule has 0 aromatic carbocycles. The summed E-state index contributed by atoms with van der Waals surface area (Å²) in [6.07, 6.45) is 2.39. The molecule has 12 heavy (non-hydrogen) atoms. The van der Waals surface area contributed by atoms with Gasteiger partial charge in [0.25, 0.3) is 0 Å². The van der Waals surface area contributed by atoms with Gasteiger partial charge in [0.1, 0.15) is 0 Å². The van der Waals surface area contributed by atoms with Crippen LogP contribution in [0.2, 0.25) is 0 Å². The smallest absolute Gasteiger partial charge is 0.0670 e. The van der Waals surface area contributed by atoms with Crippen LogP contribution in [0.5, 0.6) is 0 Å². The minimum atomic E-state index is 0.0731. The molecule has 2 atom stereocenters. The largest absolute Gasteiger partial charge is 0.375 e. The monoisotopic (exact) mass is 171 g/mol. The maximum atomic E-state index is 5.70. The molecule has 0 amide bonds. The van der Waals surface area contributed by atoms with Crippen LogP contribution in [-0.2, 0) is 4.74 Å². The fraction of sp³-hybridized carbons (Fsp3) is 1.00. The molecule has 2 nitrogen and oxygen atoms in total. The van der Waals surface area contributed by atoms with E-state index in [0.29, 0.717) is 12.0 Å². The maximum absolute atomic E-state index is 5.70. The third-order valence-corrected chi connectivity index (χ3v) is 3.09. The molecule has 72 valence electrons. The summed E-state index contributed by atoms with van der Waals surface area (Å²) < 4.78 is 5.70. The second kappa shape index (κ2) is 3.75. The Kier molecular flexibility index (Phi) is 3.13. The lowest BCUT2D eigenvalue weighted by Crippen LogP contribution is -2.42. The first kappa shape index (κ1) is 10.0. The number of rotatable bonds is 3. The van der Waals surface area contributed by atoms with Crippen LogP contribution in [0.4, 0.5) is 0 Å². The third-order valence-electron chi connectivity index (χ3n) is 3.09. The Morgan fingerprint density at radius 3 is 2.58 bits per heavy atom. The predicted octanol–water partition coefficient (Wildman–Crippen LogP) is 1.80. The zero-order valence-corrected chi connectivity index (χ0v) is 8.68. The molecule has 1 heterocycles. The Bertz CT molecular complexity index is 141. The molecule has 0 spiro atoms. The molecular weight excluding hydrogens is 150 g/mol. The summed E-state index contributed by atoms with van der Waals surface area (Å²) in [6.45, 7) is 7.56. The number of nitrogens with one attached hydrogen (secondary N) is 1. The van der Waals surface area contributed by atoms with Gasteiger partial charge in [0.15, 0.2) is 0 Å². The quantitative estimate of drug-likeness (QED) is 0.699. The SMILES string of the molecule is CCC(NC)C1CCOC1(C)C. The molecule has 0 aromatic rings. The van der Waals surface area contributed by atoms with Gasteiger partial charge in [-0.15, -0.1) is 0 Å². The van der Waals surface area contributed by atoms with Crippen LogP contribution in [0.3, 0.4) is 0 Å². The van der Waals surface area contributed by atoms with Crippen molar-refractivity contribution in [3.8, 4) is 0 Å². The molecule has 1 rings (SSSR count). The second-order valence-corrected chi connectivity index (χ2v) is 4.15. The standard InChI is InChI=1S/C10H21NO/c1-5-9(11-4)8-6-7-12-10(8,2)3/h8-9,11H,5-7H2,1-4H3. The number of ether oxygens (including phenoxy) is 1. The summed E-state index contributed by atoms with van der Waals surface area (Å²) in [5.41, 5.74) is 0.0731. The topological polar surface area (TPSA) is 21.3 Å². The van der Waals surface area contributed by atoms with Crippen LogP contribution in [0.1, 0.15) is 33.6 Å². The lowest BCUT2D eigenvalue weighted by molar-refractivity contribution is 0.00212. The second-order valence-electron chi connectivity index (χ2n) is 4.15. The van der Waals surface area contributed by atoms with E-state index in [2.05, 4.69) is 26.1 Å². The summed E-state index contributed by atoms with van der Waals surface area (Å²) in [5, 5.41) is 3.37. The van der Waals surface area contributed by atoms with Gasteiger partial charge in [-0.25, -0.2) is 0 Å². The van der Waals surface area contributed by atoms with E-state index >= 15 is 0 Å². The van der Waals surface area contributed by atoms with Crippen molar-refractivity contribution >= 4 is 0 Å². The van der Waals surface area contributed by atoms with Gasteiger partial charge in [-0.1, -0.05) is 6.92 Å².